The highest BCUT2D eigenvalue weighted by Crippen LogP contribution is 2.43. The number of halogens is 4. The molecule has 8 rings (SSSR count). The van der Waals surface area contributed by atoms with Crippen molar-refractivity contribution in [1.29, 1.82) is 0 Å². The van der Waals surface area contributed by atoms with Crippen LogP contribution in [-0.4, -0.2) is 45.1 Å². The Labute approximate surface area is 279 Å². The molecule has 2 aliphatic heterocycles. The Morgan fingerprint density at radius 1 is 0.587 bits per heavy atom. The third-order valence-corrected chi connectivity index (χ3v) is 10.5. The largest absolute Gasteiger partial charge is 0.354 e. The minimum atomic E-state index is -0.209. The highest BCUT2D eigenvalue weighted by atomic mass is 35.5. The molecule has 2 fully saturated rings. The standard InChI is InChI=1S/2C18H19ClFN3/c2*1-11-3-2-10-23(11)17-15-9-8-14(16(15)21-18(19)22-17)12-4-6-13(20)7-5-12/h2*4-7,11,14H,2-3,8-10H2,1H3. The molecule has 4 unspecified atom stereocenters. The van der Waals surface area contributed by atoms with Crippen molar-refractivity contribution in [3.05, 3.63) is 104 Å². The predicted octanol–water partition coefficient (Wildman–Crippen LogP) is 8.67. The first kappa shape index (κ1) is 31.3. The monoisotopic (exact) mass is 662 g/mol. The van der Waals surface area contributed by atoms with E-state index >= 15 is 0 Å². The third-order valence-electron chi connectivity index (χ3n) is 10.2. The molecule has 46 heavy (non-hydrogen) atoms. The number of anilines is 2. The van der Waals surface area contributed by atoms with Crippen LogP contribution in [0.5, 0.6) is 0 Å². The summed E-state index contributed by atoms with van der Waals surface area (Å²) in [5.41, 5.74) is 6.67. The Balaban J connectivity index is 0.000000147. The fourth-order valence-corrected chi connectivity index (χ4v) is 8.18. The highest BCUT2D eigenvalue weighted by molar-refractivity contribution is 6.28. The van der Waals surface area contributed by atoms with Gasteiger partial charge in [-0.25, -0.2) is 28.7 Å². The number of hydrogen-bond donors (Lipinski definition) is 0. The van der Waals surface area contributed by atoms with Crippen LogP contribution in [0.25, 0.3) is 0 Å². The van der Waals surface area contributed by atoms with Gasteiger partial charge >= 0.3 is 0 Å². The summed E-state index contributed by atoms with van der Waals surface area (Å²) in [4.78, 5) is 22.9. The molecule has 2 aromatic carbocycles. The first-order valence-corrected chi connectivity index (χ1v) is 17.2. The van der Waals surface area contributed by atoms with Gasteiger partial charge in [-0.3, -0.25) is 0 Å². The molecule has 0 radical (unpaired) electrons. The van der Waals surface area contributed by atoms with Gasteiger partial charge in [0.2, 0.25) is 10.6 Å². The van der Waals surface area contributed by atoms with Crippen molar-refractivity contribution in [3.8, 4) is 0 Å². The maximum atomic E-state index is 13.2. The molecule has 0 spiro atoms. The van der Waals surface area contributed by atoms with Crippen molar-refractivity contribution in [2.75, 3.05) is 22.9 Å². The summed E-state index contributed by atoms with van der Waals surface area (Å²) >= 11 is 12.4. The molecule has 240 valence electrons. The number of rotatable bonds is 4. The predicted molar refractivity (Wildman–Crippen MR) is 179 cm³/mol. The molecule has 0 bridgehead atoms. The molecule has 0 amide bonds. The van der Waals surface area contributed by atoms with Gasteiger partial charge in [0, 0.05) is 48.1 Å². The van der Waals surface area contributed by atoms with E-state index in [1.165, 1.54) is 61.1 Å². The van der Waals surface area contributed by atoms with Gasteiger partial charge < -0.3 is 9.80 Å². The van der Waals surface area contributed by atoms with E-state index in [0.717, 1.165) is 72.9 Å². The minimum absolute atomic E-state index is 0.183. The minimum Gasteiger partial charge on any atom is -0.354 e. The molecule has 4 heterocycles. The summed E-state index contributed by atoms with van der Waals surface area (Å²) < 4.78 is 26.4. The molecule has 2 aliphatic carbocycles. The van der Waals surface area contributed by atoms with Gasteiger partial charge in [-0.05, 0) is 124 Å². The van der Waals surface area contributed by atoms with Crippen LogP contribution in [-0.2, 0) is 12.8 Å². The SMILES string of the molecule is CC1CCCN1c1nc(Cl)nc2c1CCC2c1ccc(F)cc1.CC1CCCN1c1nc(Cl)nc2c1CCC2c1ccc(F)cc1. The zero-order valence-electron chi connectivity index (χ0n) is 26.2. The lowest BCUT2D eigenvalue weighted by Gasteiger charge is -2.25. The van der Waals surface area contributed by atoms with E-state index in [-0.39, 0.29) is 23.5 Å². The lowest BCUT2D eigenvalue weighted by molar-refractivity contribution is 0.625. The van der Waals surface area contributed by atoms with Crippen molar-refractivity contribution in [2.45, 2.75) is 89.1 Å². The second-order valence-corrected chi connectivity index (χ2v) is 13.7. The van der Waals surface area contributed by atoms with Crippen LogP contribution in [0.4, 0.5) is 20.4 Å². The molecule has 2 aromatic heterocycles. The summed E-state index contributed by atoms with van der Waals surface area (Å²) in [5, 5.41) is 0.624. The topological polar surface area (TPSA) is 58.0 Å². The van der Waals surface area contributed by atoms with Crippen LogP contribution in [0.3, 0.4) is 0 Å². The van der Waals surface area contributed by atoms with Crippen LogP contribution in [0.15, 0.2) is 48.5 Å². The molecule has 2 saturated heterocycles. The molecule has 4 aliphatic rings. The Hall–Kier alpha value is -3.36. The highest BCUT2D eigenvalue weighted by Gasteiger charge is 2.35. The van der Waals surface area contributed by atoms with Crippen LogP contribution in [0.2, 0.25) is 10.6 Å². The van der Waals surface area contributed by atoms with Crippen LogP contribution in [0.1, 0.15) is 97.8 Å². The van der Waals surface area contributed by atoms with E-state index in [1.807, 2.05) is 24.3 Å². The number of hydrogen-bond acceptors (Lipinski definition) is 6. The van der Waals surface area contributed by atoms with Crippen molar-refractivity contribution in [1.82, 2.24) is 19.9 Å². The van der Waals surface area contributed by atoms with E-state index in [4.69, 9.17) is 23.2 Å². The smallest absolute Gasteiger partial charge is 0.224 e. The van der Waals surface area contributed by atoms with Gasteiger partial charge in [-0.2, -0.15) is 0 Å². The van der Waals surface area contributed by atoms with Gasteiger partial charge in [0.25, 0.3) is 0 Å². The van der Waals surface area contributed by atoms with Crippen molar-refractivity contribution < 1.29 is 8.78 Å². The molecule has 0 saturated carbocycles. The fourth-order valence-electron chi connectivity index (χ4n) is 7.84. The molecular formula is C36H38Cl2F2N6. The molecule has 0 N–H and O–H groups in total. The van der Waals surface area contributed by atoms with Gasteiger partial charge in [0.15, 0.2) is 0 Å². The first-order chi connectivity index (χ1) is 22.3. The lowest BCUT2D eigenvalue weighted by Crippen LogP contribution is -2.28. The summed E-state index contributed by atoms with van der Waals surface area (Å²) in [5.74, 6) is 1.97. The lowest BCUT2D eigenvalue weighted by atomic mass is 9.97. The second-order valence-electron chi connectivity index (χ2n) is 13.0. The Bertz CT molecular complexity index is 1590. The van der Waals surface area contributed by atoms with E-state index in [0.29, 0.717) is 22.7 Å². The van der Waals surface area contributed by atoms with E-state index in [1.54, 1.807) is 0 Å². The quantitative estimate of drug-likeness (QED) is 0.204. The van der Waals surface area contributed by atoms with Gasteiger partial charge in [-0.1, -0.05) is 24.3 Å². The Morgan fingerprint density at radius 3 is 1.33 bits per heavy atom. The van der Waals surface area contributed by atoms with Gasteiger partial charge in [0.1, 0.15) is 23.3 Å². The van der Waals surface area contributed by atoms with Crippen LogP contribution < -0.4 is 9.80 Å². The van der Waals surface area contributed by atoms with Crippen molar-refractivity contribution in [2.24, 2.45) is 0 Å². The van der Waals surface area contributed by atoms with Crippen molar-refractivity contribution >= 4 is 34.8 Å². The third kappa shape index (κ3) is 6.06. The summed E-state index contributed by atoms with van der Waals surface area (Å²) in [7, 11) is 0. The summed E-state index contributed by atoms with van der Waals surface area (Å²) in [6.45, 7) is 6.54. The van der Waals surface area contributed by atoms with Gasteiger partial charge in [0.05, 0.1) is 11.4 Å². The maximum Gasteiger partial charge on any atom is 0.224 e. The zero-order chi connectivity index (χ0) is 31.9. The number of aromatic nitrogens is 4. The fraction of sp³-hybridized carbons (Fsp3) is 0.444. The summed E-state index contributed by atoms with van der Waals surface area (Å²) in [6.07, 6.45) is 8.63. The Kier molecular flexibility index (Phi) is 8.85. The summed E-state index contributed by atoms with van der Waals surface area (Å²) in [6, 6.07) is 14.4. The first-order valence-electron chi connectivity index (χ1n) is 16.4. The normalized spacial score (nSPS) is 23.3. The molecular weight excluding hydrogens is 625 g/mol. The number of fused-ring (bicyclic) bond motifs is 2. The maximum absolute atomic E-state index is 13.2. The van der Waals surface area contributed by atoms with E-state index in [9.17, 15) is 8.78 Å². The number of nitrogens with zero attached hydrogens (tertiary/aromatic N) is 6. The number of benzene rings is 2. The van der Waals surface area contributed by atoms with E-state index in [2.05, 4.69) is 43.6 Å². The van der Waals surface area contributed by atoms with Gasteiger partial charge in [-0.15, -0.1) is 0 Å². The average Bonchev–Trinajstić information content (AvgIpc) is 3.85. The average molecular weight is 664 g/mol. The van der Waals surface area contributed by atoms with Crippen molar-refractivity contribution in [3.63, 3.8) is 0 Å². The van der Waals surface area contributed by atoms with E-state index < -0.39 is 0 Å². The van der Waals surface area contributed by atoms with Crippen LogP contribution >= 0.6 is 23.2 Å². The Morgan fingerprint density at radius 2 is 0.978 bits per heavy atom. The van der Waals surface area contributed by atoms with Crippen LogP contribution in [0, 0.1) is 11.6 Å². The second kappa shape index (κ2) is 13.0. The molecule has 4 aromatic rings. The molecule has 10 heteroatoms. The zero-order valence-corrected chi connectivity index (χ0v) is 27.7. The molecule has 6 nitrogen and oxygen atoms in total. The molecule has 4 atom stereocenters.